The van der Waals surface area contributed by atoms with Crippen molar-refractivity contribution >= 4 is 11.9 Å². The molecular weight excluding hydrogens is 268 g/mol. The number of rotatable bonds is 8. The Kier molecular flexibility index (Phi) is 7.23. The van der Waals surface area contributed by atoms with Crippen LogP contribution in [-0.2, 0) is 4.74 Å². The largest absolute Gasteiger partial charge is 0.478 e. The number of carbonyl (C=O) groups excluding carboxylic acids is 1. The Balaban J connectivity index is 2.70. The highest BCUT2D eigenvalue weighted by Gasteiger charge is 2.16. The van der Waals surface area contributed by atoms with Gasteiger partial charge >= 0.3 is 11.9 Å². The van der Waals surface area contributed by atoms with E-state index in [0.29, 0.717) is 0 Å². The summed E-state index contributed by atoms with van der Waals surface area (Å²) in [5, 5.41) is 9.05. The van der Waals surface area contributed by atoms with Crippen molar-refractivity contribution in [3.05, 3.63) is 47.0 Å². The minimum Gasteiger partial charge on any atom is -0.478 e. The van der Waals surface area contributed by atoms with Gasteiger partial charge in [0.2, 0.25) is 0 Å². The topological polar surface area (TPSA) is 63.6 Å². The molecule has 0 spiro atoms. The molecule has 0 aliphatic heterocycles. The van der Waals surface area contributed by atoms with Gasteiger partial charge in [0.25, 0.3) is 0 Å². The molecule has 0 bridgehead atoms. The number of hydrogen-bond acceptors (Lipinski definition) is 3. The Bertz CT molecular complexity index is 509. The first-order valence-corrected chi connectivity index (χ1v) is 7.27. The third kappa shape index (κ3) is 5.42. The van der Waals surface area contributed by atoms with Gasteiger partial charge in [0.05, 0.1) is 11.1 Å². The van der Waals surface area contributed by atoms with Crippen LogP contribution in [0, 0.1) is 0 Å². The first-order valence-electron chi connectivity index (χ1n) is 7.27. The van der Waals surface area contributed by atoms with E-state index in [9.17, 15) is 9.59 Å². The molecule has 21 heavy (non-hydrogen) atoms. The lowest BCUT2D eigenvalue weighted by molar-refractivity contribution is 0.0535. The average Bonchev–Trinajstić information content (AvgIpc) is 2.47. The van der Waals surface area contributed by atoms with Crippen molar-refractivity contribution in [1.29, 1.82) is 0 Å². The van der Waals surface area contributed by atoms with Gasteiger partial charge in [-0.15, -0.1) is 0 Å². The second-order valence-corrected chi connectivity index (χ2v) is 4.81. The molecule has 0 saturated carbocycles. The molecule has 1 aromatic rings. The van der Waals surface area contributed by atoms with E-state index in [1.807, 2.05) is 6.08 Å². The van der Waals surface area contributed by atoms with E-state index in [4.69, 9.17) is 9.84 Å². The van der Waals surface area contributed by atoms with Gasteiger partial charge in [-0.05, 0) is 31.1 Å². The first kappa shape index (κ1) is 17.0. The van der Waals surface area contributed by atoms with Gasteiger partial charge in [0.15, 0.2) is 0 Å². The van der Waals surface area contributed by atoms with E-state index in [1.54, 1.807) is 12.1 Å². The van der Waals surface area contributed by atoms with E-state index in [-0.39, 0.29) is 17.7 Å². The van der Waals surface area contributed by atoms with Crippen LogP contribution >= 0.6 is 0 Å². The van der Waals surface area contributed by atoms with E-state index in [1.165, 1.54) is 17.7 Å². The van der Waals surface area contributed by atoms with Gasteiger partial charge < -0.3 is 9.84 Å². The monoisotopic (exact) mass is 290 g/mol. The summed E-state index contributed by atoms with van der Waals surface area (Å²) in [7, 11) is 0. The number of carboxylic acid groups (broad SMARTS) is 1. The Labute approximate surface area is 125 Å². The number of esters is 1. The van der Waals surface area contributed by atoms with Crippen LogP contribution in [0.2, 0.25) is 0 Å². The lowest BCUT2D eigenvalue weighted by Crippen LogP contribution is -2.11. The molecule has 0 aliphatic rings. The highest BCUT2D eigenvalue weighted by Crippen LogP contribution is 2.13. The molecule has 0 radical (unpaired) electrons. The highest BCUT2D eigenvalue weighted by molar-refractivity contribution is 6.02. The first-order chi connectivity index (χ1) is 10.1. The summed E-state index contributed by atoms with van der Waals surface area (Å²) in [6.45, 7) is 4.40. The smallest absolute Gasteiger partial charge is 0.339 e. The Hall–Kier alpha value is -2.10. The lowest BCUT2D eigenvalue weighted by atomic mass is 10.1. The SMILES string of the molecule is CCCC(=CCOC(=O)c1ccccc1C(=O)O)CCC. The van der Waals surface area contributed by atoms with Crippen LogP contribution in [0.3, 0.4) is 0 Å². The second kappa shape index (κ2) is 8.95. The van der Waals surface area contributed by atoms with Gasteiger partial charge in [-0.25, -0.2) is 9.59 Å². The normalized spacial score (nSPS) is 10.0. The molecule has 0 atom stereocenters. The molecule has 4 heteroatoms. The van der Waals surface area contributed by atoms with Crippen LogP contribution in [0.15, 0.2) is 35.9 Å². The molecule has 0 fully saturated rings. The maximum atomic E-state index is 12.0. The van der Waals surface area contributed by atoms with Crippen LogP contribution in [0.4, 0.5) is 0 Å². The predicted molar refractivity (Wildman–Crippen MR) is 81.6 cm³/mol. The molecular formula is C17H22O4. The van der Waals surface area contributed by atoms with Crippen molar-refractivity contribution in [2.75, 3.05) is 6.61 Å². The standard InChI is InChI=1S/C17H22O4/c1-3-7-13(8-4-2)11-12-21-17(20)15-10-6-5-9-14(15)16(18)19/h5-6,9-11H,3-4,7-8,12H2,1-2H3,(H,18,19). The maximum absolute atomic E-state index is 12.0. The molecule has 1 rings (SSSR count). The summed E-state index contributed by atoms with van der Waals surface area (Å²) >= 11 is 0. The molecule has 0 aliphatic carbocycles. The van der Waals surface area contributed by atoms with Crippen molar-refractivity contribution in [2.45, 2.75) is 39.5 Å². The van der Waals surface area contributed by atoms with Crippen LogP contribution in [0.5, 0.6) is 0 Å². The molecule has 0 amide bonds. The van der Waals surface area contributed by atoms with Crippen molar-refractivity contribution < 1.29 is 19.4 Å². The summed E-state index contributed by atoms with van der Waals surface area (Å²) in [6.07, 6.45) is 6.03. The third-order valence-electron chi connectivity index (χ3n) is 3.11. The van der Waals surface area contributed by atoms with Gasteiger partial charge in [-0.1, -0.05) is 44.4 Å². The minimum absolute atomic E-state index is 0.0335. The summed E-state index contributed by atoms with van der Waals surface area (Å²) < 4.78 is 5.16. The van der Waals surface area contributed by atoms with E-state index >= 15 is 0 Å². The van der Waals surface area contributed by atoms with Crippen LogP contribution in [0.25, 0.3) is 0 Å². The van der Waals surface area contributed by atoms with E-state index in [2.05, 4.69) is 13.8 Å². The number of hydrogen-bond donors (Lipinski definition) is 1. The number of ether oxygens (including phenoxy) is 1. The van der Waals surface area contributed by atoms with Gasteiger partial charge in [-0.3, -0.25) is 0 Å². The molecule has 0 saturated heterocycles. The number of carboxylic acids is 1. The number of allylic oxidation sites excluding steroid dienone is 1. The number of benzene rings is 1. The molecule has 1 aromatic carbocycles. The van der Waals surface area contributed by atoms with Crippen molar-refractivity contribution in [3.63, 3.8) is 0 Å². The zero-order chi connectivity index (χ0) is 15.7. The highest BCUT2D eigenvalue weighted by atomic mass is 16.5. The second-order valence-electron chi connectivity index (χ2n) is 4.81. The summed E-state index contributed by atoms with van der Waals surface area (Å²) in [5.41, 5.74) is 1.33. The number of carbonyl (C=O) groups is 2. The fourth-order valence-electron chi connectivity index (χ4n) is 2.13. The zero-order valence-corrected chi connectivity index (χ0v) is 12.6. The van der Waals surface area contributed by atoms with Crippen LogP contribution in [0.1, 0.15) is 60.2 Å². The zero-order valence-electron chi connectivity index (χ0n) is 12.6. The molecule has 0 unspecified atom stereocenters. The lowest BCUT2D eigenvalue weighted by Gasteiger charge is -2.07. The fourth-order valence-corrected chi connectivity index (χ4v) is 2.13. The van der Waals surface area contributed by atoms with E-state index < -0.39 is 11.9 Å². The fraction of sp³-hybridized carbons (Fsp3) is 0.412. The quantitative estimate of drug-likeness (QED) is 0.579. The van der Waals surface area contributed by atoms with Crippen molar-refractivity contribution in [2.24, 2.45) is 0 Å². The number of aromatic carboxylic acids is 1. The van der Waals surface area contributed by atoms with Crippen LogP contribution in [-0.4, -0.2) is 23.7 Å². The Morgan fingerprint density at radius 3 is 2.19 bits per heavy atom. The van der Waals surface area contributed by atoms with Gasteiger partial charge in [0, 0.05) is 0 Å². The molecule has 1 N–H and O–H groups in total. The third-order valence-corrected chi connectivity index (χ3v) is 3.11. The molecule has 114 valence electrons. The van der Waals surface area contributed by atoms with E-state index in [0.717, 1.165) is 25.7 Å². The molecule has 4 nitrogen and oxygen atoms in total. The van der Waals surface area contributed by atoms with Crippen LogP contribution < -0.4 is 0 Å². The summed E-state index contributed by atoms with van der Waals surface area (Å²) in [4.78, 5) is 23.0. The Morgan fingerprint density at radius 2 is 1.67 bits per heavy atom. The maximum Gasteiger partial charge on any atom is 0.339 e. The molecule has 0 heterocycles. The Morgan fingerprint density at radius 1 is 1.10 bits per heavy atom. The van der Waals surface area contributed by atoms with Gasteiger partial charge in [0.1, 0.15) is 6.61 Å². The van der Waals surface area contributed by atoms with Crippen molar-refractivity contribution in [3.8, 4) is 0 Å². The average molecular weight is 290 g/mol. The van der Waals surface area contributed by atoms with Gasteiger partial charge in [-0.2, -0.15) is 0 Å². The summed E-state index contributed by atoms with van der Waals surface area (Å²) in [6, 6.07) is 6.07. The summed E-state index contributed by atoms with van der Waals surface area (Å²) in [5.74, 6) is -1.73. The molecule has 0 aromatic heterocycles. The minimum atomic E-state index is -1.13. The van der Waals surface area contributed by atoms with Crippen molar-refractivity contribution in [1.82, 2.24) is 0 Å². The predicted octanol–water partition coefficient (Wildman–Crippen LogP) is 4.07.